The Morgan fingerprint density at radius 2 is 1.94 bits per heavy atom. The minimum absolute atomic E-state index is 0.460. The maximum Gasteiger partial charge on any atom is 0.149 e. The maximum absolute atomic E-state index is 6.10. The third-order valence-corrected chi connectivity index (χ3v) is 2.84. The Morgan fingerprint density at radius 3 is 2.59 bits per heavy atom. The minimum atomic E-state index is 0.460. The van der Waals surface area contributed by atoms with Crippen molar-refractivity contribution in [2.24, 2.45) is 0 Å². The van der Waals surface area contributed by atoms with Crippen LogP contribution < -0.4 is 11.1 Å². The van der Waals surface area contributed by atoms with Crippen LogP contribution in [0.2, 0.25) is 10.0 Å². The first-order chi connectivity index (χ1) is 8.06. The third-order valence-electron chi connectivity index (χ3n) is 2.24. The van der Waals surface area contributed by atoms with Gasteiger partial charge in [0.05, 0.1) is 27.6 Å². The van der Waals surface area contributed by atoms with E-state index >= 15 is 0 Å². The van der Waals surface area contributed by atoms with Crippen molar-refractivity contribution in [3.8, 4) is 0 Å². The zero-order valence-electron chi connectivity index (χ0n) is 9.17. The van der Waals surface area contributed by atoms with Crippen LogP contribution in [0.3, 0.4) is 0 Å². The molecule has 1 heterocycles. The van der Waals surface area contributed by atoms with E-state index in [0.29, 0.717) is 21.6 Å². The monoisotopic (exact) mass is 267 g/mol. The van der Waals surface area contributed by atoms with Gasteiger partial charge in [0, 0.05) is 0 Å². The molecule has 0 radical (unpaired) electrons. The number of aromatic nitrogens is 1. The molecule has 0 amide bonds. The molecule has 0 aliphatic heterocycles. The van der Waals surface area contributed by atoms with Crippen molar-refractivity contribution in [2.45, 2.75) is 6.92 Å². The van der Waals surface area contributed by atoms with Crippen LogP contribution in [0.15, 0.2) is 30.5 Å². The molecule has 0 spiro atoms. The molecule has 2 rings (SSSR count). The van der Waals surface area contributed by atoms with Gasteiger partial charge in [0.2, 0.25) is 0 Å². The topological polar surface area (TPSA) is 50.9 Å². The molecule has 0 unspecified atom stereocenters. The van der Waals surface area contributed by atoms with Crippen molar-refractivity contribution in [1.82, 2.24) is 4.98 Å². The highest BCUT2D eigenvalue weighted by molar-refractivity contribution is 6.34. The average molecular weight is 268 g/mol. The van der Waals surface area contributed by atoms with Crippen LogP contribution in [-0.2, 0) is 0 Å². The van der Waals surface area contributed by atoms with Crippen molar-refractivity contribution in [3.05, 3.63) is 46.1 Å². The van der Waals surface area contributed by atoms with E-state index in [9.17, 15) is 0 Å². The largest absolute Gasteiger partial charge is 0.397 e. The van der Waals surface area contributed by atoms with E-state index < -0.39 is 0 Å². The summed E-state index contributed by atoms with van der Waals surface area (Å²) in [6.45, 7) is 1.98. The van der Waals surface area contributed by atoms with Gasteiger partial charge in [-0.1, -0.05) is 29.3 Å². The minimum Gasteiger partial charge on any atom is -0.397 e. The second-order valence-electron chi connectivity index (χ2n) is 3.71. The van der Waals surface area contributed by atoms with Gasteiger partial charge >= 0.3 is 0 Å². The van der Waals surface area contributed by atoms with Crippen molar-refractivity contribution in [3.63, 3.8) is 0 Å². The van der Waals surface area contributed by atoms with Crippen molar-refractivity contribution in [2.75, 3.05) is 11.1 Å². The second-order valence-corrected chi connectivity index (χ2v) is 4.52. The number of benzene rings is 1. The van der Waals surface area contributed by atoms with E-state index in [0.717, 1.165) is 11.3 Å². The van der Waals surface area contributed by atoms with E-state index in [2.05, 4.69) is 10.3 Å². The number of nitrogens with one attached hydrogen (secondary N) is 1. The summed E-state index contributed by atoms with van der Waals surface area (Å²) in [5, 5.41) is 4.15. The third kappa shape index (κ3) is 2.81. The Bertz CT molecular complexity index is 506. The Morgan fingerprint density at radius 1 is 1.18 bits per heavy atom. The fraction of sp³-hybridized carbons (Fsp3) is 0.0833. The molecule has 17 heavy (non-hydrogen) atoms. The average Bonchev–Trinajstić information content (AvgIpc) is 2.25. The van der Waals surface area contributed by atoms with Gasteiger partial charge in [-0.15, -0.1) is 0 Å². The summed E-state index contributed by atoms with van der Waals surface area (Å²) < 4.78 is 0. The van der Waals surface area contributed by atoms with Crippen molar-refractivity contribution < 1.29 is 0 Å². The number of aryl methyl sites for hydroxylation is 1. The summed E-state index contributed by atoms with van der Waals surface area (Å²) in [6, 6.07) is 7.35. The highest BCUT2D eigenvalue weighted by Gasteiger charge is 2.05. The Hall–Kier alpha value is -1.45. The molecule has 5 heteroatoms. The predicted octanol–water partition coefficient (Wildman–Crippen LogP) is 4.02. The number of anilines is 3. The van der Waals surface area contributed by atoms with Crippen LogP contribution in [0.25, 0.3) is 0 Å². The summed E-state index contributed by atoms with van der Waals surface area (Å²) >= 11 is 12.1. The second kappa shape index (κ2) is 4.82. The highest BCUT2D eigenvalue weighted by atomic mass is 35.5. The van der Waals surface area contributed by atoms with Crippen molar-refractivity contribution >= 4 is 40.4 Å². The van der Waals surface area contributed by atoms with Crippen LogP contribution in [0.4, 0.5) is 17.2 Å². The molecule has 0 aliphatic carbocycles. The van der Waals surface area contributed by atoms with Gasteiger partial charge in [-0.2, -0.15) is 0 Å². The number of nitrogens with two attached hydrogens (primary N) is 1. The molecule has 1 aromatic heterocycles. The number of halogens is 2. The van der Waals surface area contributed by atoms with Crippen LogP contribution in [0.1, 0.15) is 5.56 Å². The lowest BCUT2D eigenvalue weighted by Crippen LogP contribution is -1.97. The number of nitrogens with zero attached hydrogens (tertiary/aromatic N) is 1. The number of pyridine rings is 1. The number of rotatable bonds is 2. The van der Waals surface area contributed by atoms with Crippen LogP contribution >= 0.6 is 23.2 Å². The normalized spacial score (nSPS) is 10.3. The Balaban J connectivity index is 2.31. The summed E-state index contributed by atoms with van der Waals surface area (Å²) in [7, 11) is 0. The van der Waals surface area contributed by atoms with Gasteiger partial charge < -0.3 is 11.1 Å². The molecule has 0 saturated heterocycles. The molecular weight excluding hydrogens is 257 g/mol. The lowest BCUT2D eigenvalue weighted by atomic mass is 10.2. The van der Waals surface area contributed by atoms with E-state index in [4.69, 9.17) is 28.9 Å². The summed E-state index contributed by atoms with van der Waals surface area (Å²) in [6.07, 6.45) is 1.54. The zero-order chi connectivity index (χ0) is 12.4. The molecule has 3 N–H and O–H groups in total. The van der Waals surface area contributed by atoms with Gasteiger partial charge in [0.1, 0.15) is 5.82 Å². The first kappa shape index (κ1) is 12.0. The van der Waals surface area contributed by atoms with Gasteiger partial charge in [0.15, 0.2) is 0 Å². The predicted molar refractivity (Wildman–Crippen MR) is 73.1 cm³/mol. The lowest BCUT2D eigenvalue weighted by Gasteiger charge is -2.09. The molecule has 2 aromatic rings. The van der Waals surface area contributed by atoms with Crippen LogP contribution in [0.5, 0.6) is 0 Å². The van der Waals surface area contributed by atoms with Gasteiger partial charge in [-0.3, -0.25) is 0 Å². The number of nitrogen functional groups attached to an aromatic ring is 1. The summed E-state index contributed by atoms with van der Waals surface area (Å²) in [5.74, 6) is 0.534. The first-order valence-electron chi connectivity index (χ1n) is 5.00. The van der Waals surface area contributed by atoms with E-state index in [1.54, 1.807) is 6.07 Å². The molecule has 1 aromatic carbocycles. The van der Waals surface area contributed by atoms with Crippen LogP contribution in [-0.4, -0.2) is 4.98 Å². The fourth-order valence-electron chi connectivity index (χ4n) is 1.39. The zero-order valence-corrected chi connectivity index (χ0v) is 10.7. The summed E-state index contributed by atoms with van der Waals surface area (Å²) in [5.41, 5.74) is 7.95. The molecule has 0 saturated carbocycles. The number of hydrogen-bond donors (Lipinski definition) is 2. The van der Waals surface area contributed by atoms with Gasteiger partial charge in [0.25, 0.3) is 0 Å². The highest BCUT2D eigenvalue weighted by Crippen LogP contribution is 2.29. The smallest absolute Gasteiger partial charge is 0.149 e. The maximum atomic E-state index is 6.10. The molecular formula is C12H11Cl2N3. The van der Waals surface area contributed by atoms with E-state index in [1.165, 1.54) is 6.20 Å². The Labute approximate surface area is 110 Å². The molecule has 0 atom stereocenters. The molecule has 0 bridgehead atoms. The van der Waals surface area contributed by atoms with Crippen molar-refractivity contribution in [1.29, 1.82) is 0 Å². The molecule has 88 valence electrons. The van der Waals surface area contributed by atoms with E-state index in [1.807, 2.05) is 25.1 Å². The standard InChI is InChI=1S/C12H11Cl2N3/c1-7-2-3-11(9(13)4-7)17-12-10(14)5-8(15)6-16-12/h2-6H,15H2,1H3,(H,16,17). The van der Waals surface area contributed by atoms with Crippen LogP contribution in [0, 0.1) is 6.92 Å². The number of hydrogen-bond acceptors (Lipinski definition) is 3. The first-order valence-corrected chi connectivity index (χ1v) is 5.76. The molecule has 3 nitrogen and oxygen atoms in total. The van der Waals surface area contributed by atoms with Gasteiger partial charge in [-0.25, -0.2) is 4.98 Å². The molecule has 0 aliphatic rings. The van der Waals surface area contributed by atoms with Gasteiger partial charge in [-0.05, 0) is 30.7 Å². The summed E-state index contributed by atoms with van der Waals surface area (Å²) in [4.78, 5) is 4.11. The molecule has 0 fully saturated rings. The lowest BCUT2D eigenvalue weighted by molar-refractivity contribution is 1.31. The SMILES string of the molecule is Cc1ccc(Nc2ncc(N)cc2Cl)c(Cl)c1. The van der Waals surface area contributed by atoms with E-state index in [-0.39, 0.29) is 0 Å². The fourth-order valence-corrected chi connectivity index (χ4v) is 1.90. The quantitative estimate of drug-likeness (QED) is 0.864. The Kier molecular flexibility index (Phi) is 3.41.